The van der Waals surface area contributed by atoms with Crippen LogP contribution in [0.1, 0.15) is 45.7 Å². The molecular formula is C24H30N2O2. The second kappa shape index (κ2) is 9.36. The molecule has 0 atom stereocenters. The van der Waals surface area contributed by atoms with Gasteiger partial charge in [-0.3, -0.25) is 9.79 Å². The molecule has 1 aromatic rings. The van der Waals surface area contributed by atoms with Crippen LogP contribution in [0, 0.1) is 0 Å². The van der Waals surface area contributed by atoms with Crippen molar-refractivity contribution in [3.8, 4) is 0 Å². The third-order valence-corrected chi connectivity index (χ3v) is 4.50. The molecule has 0 radical (unpaired) electrons. The van der Waals surface area contributed by atoms with Crippen LogP contribution in [0.15, 0.2) is 70.6 Å². The van der Waals surface area contributed by atoms with E-state index in [0.29, 0.717) is 12.4 Å². The first-order valence-corrected chi connectivity index (χ1v) is 9.48. The Morgan fingerprint density at radius 1 is 1.32 bits per heavy atom. The lowest BCUT2D eigenvalue weighted by molar-refractivity contribution is -0.111. The SMILES string of the molecule is C=N/C(C(=O)/C=C1\NC(C)(C)Cc2ccccc21)=C(/C)OC/C(C)=C/C=C\C. The summed E-state index contributed by atoms with van der Waals surface area (Å²) in [6.45, 7) is 13.9. The Labute approximate surface area is 168 Å². The van der Waals surface area contributed by atoms with Gasteiger partial charge in [0.1, 0.15) is 18.1 Å². The van der Waals surface area contributed by atoms with Gasteiger partial charge in [-0.25, -0.2) is 0 Å². The van der Waals surface area contributed by atoms with Gasteiger partial charge in [-0.05, 0) is 58.9 Å². The summed E-state index contributed by atoms with van der Waals surface area (Å²) in [5, 5.41) is 3.47. The van der Waals surface area contributed by atoms with Crippen LogP contribution in [0.4, 0.5) is 0 Å². The average molecular weight is 379 g/mol. The van der Waals surface area contributed by atoms with E-state index >= 15 is 0 Å². The second-order valence-electron chi connectivity index (χ2n) is 7.66. The van der Waals surface area contributed by atoms with Gasteiger partial charge >= 0.3 is 0 Å². The quantitative estimate of drug-likeness (QED) is 0.315. The zero-order chi connectivity index (χ0) is 20.7. The third kappa shape index (κ3) is 5.56. The summed E-state index contributed by atoms with van der Waals surface area (Å²) in [7, 11) is 0. The van der Waals surface area contributed by atoms with Crippen molar-refractivity contribution in [1.82, 2.24) is 5.32 Å². The van der Waals surface area contributed by atoms with Crippen molar-refractivity contribution < 1.29 is 9.53 Å². The maximum atomic E-state index is 12.9. The molecule has 4 nitrogen and oxygen atoms in total. The van der Waals surface area contributed by atoms with Crippen molar-refractivity contribution in [2.24, 2.45) is 4.99 Å². The monoisotopic (exact) mass is 378 g/mol. The predicted octanol–water partition coefficient (Wildman–Crippen LogP) is 4.99. The highest BCUT2D eigenvalue weighted by molar-refractivity contribution is 6.08. The van der Waals surface area contributed by atoms with Crippen LogP contribution >= 0.6 is 0 Å². The van der Waals surface area contributed by atoms with Crippen molar-refractivity contribution in [3.63, 3.8) is 0 Å². The van der Waals surface area contributed by atoms with Crippen LogP contribution in [-0.4, -0.2) is 24.6 Å². The fraction of sp³-hybridized carbons (Fsp3) is 0.333. The van der Waals surface area contributed by atoms with E-state index in [9.17, 15) is 4.79 Å². The van der Waals surface area contributed by atoms with Gasteiger partial charge in [0.15, 0.2) is 0 Å². The summed E-state index contributed by atoms with van der Waals surface area (Å²) < 4.78 is 5.75. The maximum Gasteiger partial charge on any atom is 0.209 e. The second-order valence-corrected chi connectivity index (χ2v) is 7.66. The number of rotatable bonds is 7. The van der Waals surface area contributed by atoms with Crippen molar-refractivity contribution in [3.05, 3.63) is 76.7 Å². The zero-order valence-electron chi connectivity index (χ0n) is 17.5. The number of fused-ring (bicyclic) bond motifs is 1. The lowest BCUT2D eigenvalue weighted by Crippen LogP contribution is -2.43. The first-order chi connectivity index (χ1) is 13.3. The Hall–Kier alpha value is -2.88. The van der Waals surface area contributed by atoms with E-state index < -0.39 is 0 Å². The minimum absolute atomic E-state index is 0.133. The average Bonchev–Trinajstić information content (AvgIpc) is 2.64. The van der Waals surface area contributed by atoms with Crippen LogP contribution in [0.3, 0.4) is 0 Å². The smallest absolute Gasteiger partial charge is 0.209 e. The number of benzene rings is 1. The highest BCUT2D eigenvalue weighted by Crippen LogP contribution is 2.29. The number of aliphatic imine (C=N–C) groups is 1. The largest absolute Gasteiger partial charge is 0.491 e. The molecular weight excluding hydrogens is 348 g/mol. The molecule has 0 unspecified atom stereocenters. The molecule has 0 aliphatic carbocycles. The number of ether oxygens (including phenoxy) is 1. The summed E-state index contributed by atoms with van der Waals surface area (Å²) >= 11 is 0. The summed E-state index contributed by atoms with van der Waals surface area (Å²) in [6, 6.07) is 8.14. The van der Waals surface area contributed by atoms with E-state index in [-0.39, 0.29) is 17.0 Å². The van der Waals surface area contributed by atoms with Gasteiger partial charge in [0.2, 0.25) is 5.78 Å². The lowest BCUT2D eigenvalue weighted by Gasteiger charge is -2.35. The van der Waals surface area contributed by atoms with Crippen molar-refractivity contribution in [2.75, 3.05) is 6.61 Å². The summed E-state index contributed by atoms with van der Waals surface area (Å²) in [5.41, 5.74) is 4.22. The van der Waals surface area contributed by atoms with Crippen molar-refractivity contribution in [2.45, 2.75) is 46.6 Å². The van der Waals surface area contributed by atoms with Gasteiger partial charge < -0.3 is 10.1 Å². The molecule has 0 fully saturated rings. The molecule has 0 amide bonds. The number of carbonyl (C=O) groups is 1. The number of allylic oxidation sites excluding steroid dienone is 5. The normalized spacial score (nSPS) is 18.3. The van der Waals surface area contributed by atoms with E-state index in [2.05, 4.69) is 36.9 Å². The Morgan fingerprint density at radius 2 is 2.04 bits per heavy atom. The first-order valence-electron chi connectivity index (χ1n) is 9.48. The molecule has 0 aromatic heterocycles. The molecule has 1 aromatic carbocycles. The van der Waals surface area contributed by atoms with Gasteiger partial charge in [0.05, 0.1) is 0 Å². The first kappa shape index (κ1) is 21.4. The Bertz CT molecular complexity index is 870. The minimum Gasteiger partial charge on any atom is -0.491 e. The van der Waals surface area contributed by atoms with E-state index in [1.165, 1.54) is 5.56 Å². The standard InChI is InChI=1S/C24H30N2O2/c1-7-8-11-17(2)16-28-18(3)23(25-6)22(27)14-21-20-13-10-9-12-19(20)15-24(4,5)26-21/h7-14,26H,6,15-16H2,1-5H3/b8-7-,17-11+,21-14-,23-18-. The van der Waals surface area contributed by atoms with Gasteiger partial charge in [-0.15, -0.1) is 0 Å². The Morgan fingerprint density at radius 3 is 2.71 bits per heavy atom. The van der Waals surface area contributed by atoms with Crippen LogP contribution in [0.5, 0.6) is 0 Å². The van der Waals surface area contributed by atoms with Gasteiger partial charge in [0, 0.05) is 22.9 Å². The number of hydrogen-bond donors (Lipinski definition) is 1. The Balaban J connectivity index is 2.29. The van der Waals surface area contributed by atoms with Crippen LogP contribution < -0.4 is 5.32 Å². The molecule has 2 rings (SSSR count). The maximum absolute atomic E-state index is 12.9. The molecule has 148 valence electrons. The topological polar surface area (TPSA) is 50.7 Å². The molecule has 0 saturated carbocycles. The third-order valence-electron chi connectivity index (χ3n) is 4.50. The number of ketones is 1. The molecule has 0 bridgehead atoms. The Kier molecular flexibility index (Phi) is 7.16. The molecule has 4 heteroatoms. The molecule has 0 saturated heterocycles. The van der Waals surface area contributed by atoms with Gasteiger partial charge in [-0.2, -0.15) is 0 Å². The number of hydrogen-bond acceptors (Lipinski definition) is 4. The number of nitrogens with one attached hydrogen (secondary N) is 1. The van der Waals surface area contributed by atoms with Crippen molar-refractivity contribution >= 4 is 18.2 Å². The van der Waals surface area contributed by atoms with E-state index in [1.54, 1.807) is 13.0 Å². The van der Waals surface area contributed by atoms with E-state index in [1.807, 2.05) is 50.3 Å². The van der Waals surface area contributed by atoms with Crippen LogP contribution in [-0.2, 0) is 16.0 Å². The van der Waals surface area contributed by atoms with Crippen LogP contribution in [0.2, 0.25) is 0 Å². The molecule has 1 aliphatic rings. The molecule has 1 N–H and O–H groups in total. The van der Waals surface area contributed by atoms with Gasteiger partial charge in [-0.1, -0.05) is 42.5 Å². The zero-order valence-corrected chi connectivity index (χ0v) is 17.5. The summed E-state index contributed by atoms with van der Waals surface area (Å²) in [5.74, 6) is 0.242. The van der Waals surface area contributed by atoms with E-state index in [0.717, 1.165) is 23.3 Å². The fourth-order valence-corrected chi connectivity index (χ4v) is 3.16. The molecule has 1 aliphatic heterocycles. The fourth-order valence-electron chi connectivity index (χ4n) is 3.16. The molecule has 28 heavy (non-hydrogen) atoms. The number of nitrogens with zero attached hydrogens (tertiary/aromatic N) is 1. The highest BCUT2D eigenvalue weighted by Gasteiger charge is 2.28. The molecule has 0 spiro atoms. The minimum atomic E-state index is -0.224. The van der Waals surface area contributed by atoms with Crippen LogP contribution in [0.25, 0.3) is 5.70 Å². The highest BCUT2D eigenvalue weighted by atomic mass is 16.5. The van der Waals surface area contributed by atoms with E-state index in [4.69, 9.17) is 4.74 Å². The van der Waals surface area contributed by atoms with Crippen molar-refractivity contribution in [1.29, 1.82) is 0 Å². The van der Waals surface area contributed by atoms with Gasteiger partial charge in [0.25, 0.3) is 0 Å². The lowest BCUT2D eigenvalue weighted by atomic mass is 9.85. The predicted molar refractivity (Wildman–Crippen MR) is 117 cm³/mol. The summed E-state index contributed by atoms with van der Waals surface area (Å²) in [4.78, 5) is 16.8. The molecule has 1 heterocycles. The number of carbonyl (C=O) groups excluding carboxylic acids is 1. The summed E-state index contributed by atoms with van der Waals surface area (Å²) in [6.07, 6.45) is 8.38.